The molecule has 0 aliphatic carbocycles. The fraction of sp³-hybridized carbons (Fsp3) is 0.318. The number of hydrogen-bond acceptors (Lipinski definition) is 8. The molecule has 164 valence electrons. The van der Waals surface area contributed by atoms with Crippen molar-refractivity contribution in [3.05, 3.63) is 53.5 Å². The zero-order valence-electron chi connectivity index (χ0n) is 17.5. The monoisotopic (exact) mass is 466 g/mol. The van der Waals surface area contributed by atoms with Gasteiger partial charge in [-0.1, -0.05) is 23.9 Å². The number of aromatic nitrogens is 5. The molecular weight excluding hydrogens is 444 g/mol. The van der Waals surface area contributed by atoms with Crippen LogP contribution in [0.3, 0.4) is 0 Å². The summed E-state index contributed by atoms with van der Waals surface area (Å²) in [6.45, 7) is 1.49. The van der Waals surface area contributed by atoms with Crippen molar-refractivity contribution in [1.29, 1.82) is 0 Å². The molecule has 4 aromatic rings. The van der Waals surface area contributed by atoms with Crippen LogP contribution in [0, 0.1) is 0 Å². The Bertz CT molecular complexity index is 1190. The lowest BCUT2D eigenvalue weighted by Gasteiger charge is -2.31. The van der Waals surface area contributed by atoms with Crippen LogP contribution in [0.5, 0.6) is 5.75 Å². The van der Waals surface area contributed by atoms with E-state index in [9.17, 15) is 4.79 Å². The first-order chi connectivity index (χ1) is 15.7. The number of amides is 1. The second-order valence-corrected chi connectivity index (χ2v) is 9.56. The molecule has 1 amide bonds. The van der Waals surface area contributed by atoms with Crippen molar-refractivity contribution in [2.24, 2.45) is 0 Å². The lowest BCUT2D eigenvalue weighted by Crippen LogP contribution is -2.40. The van der Waals surface area contributed by atoms with Gasteiger partial charge >= 0.3 is 0 Å². The van der Waals surface area contributed by atoms with Gasteiger partial charge in [0, 0.05) is 19.0 Å². The average molecular weight is 467 g/mol. The van der Waals surface area contributed by atoms with Crippen LogP contribution in [0.25, 0.3) is 15.9 Å². The highest BCUT2D eigenvalue weighted by atomic mass is 32.2. The first-order valence-electron chi connectivity index (χ1n) is 10.4. The van der Waals surface area contributed by atoms with E-state index in [1.807, 2.05) is 47.4 Å². The molecule has 1 fully saturated rings. The van der Waals surface area contributed by atoms with E-state index in [-0.39, 0.29) is 5.91 Å². The molecular formula is C22H22N6O2S2. The highest BCUT2D eigenvalue weighted by Gasteiger charge is 2.27. The van der Waals surface area contributed by atoms with Crippen LogP contribution in [0.4, 0.5) is 0 Å². The molecule has 32 heavy (non-hydrogen) atoms. The Balaban J connectivity index is 1.23. The Labute approximate surface area is 193 Å². The van der Waals surface area contributed by atoms with E-state index in [2.05, 4.69) is 21.6 Å². The Kier molecular flexibility index (Phi) is 6.04. The van der Waals surface area contributed by atoms with Crippen molar-refractivity contribution >= 4 is 39.2 Å². The molecule has 0 N–H and O–H groups in total. The fourth-order valence-electron chi connectivity index (χ4n) is 3.84. The van der Waals surface area contributed by atoms with E-state index >= 15 is 0 Å². The summed E-state index contributed by atoms with van der Waals surface area (Å²) in [4.78, 5) is 19.7. The number of para-hydroxylation sites is 1. The van der Waals surface area contributed by atoms with Gasteiger partial charge in [-0.2, -0.15) is 4.68 Å². The number of benzene rings is 2. The molecule has 0 unspecified atom stereocenters. The Hall–Kier alpha value is -2.98. The minimum atomic E-state index is 0.102. The van der Waals surface area contributed by atoms with Crippen molar-refractivity contribution in [2.45, 2.75) is 23.9 Å². The minimum absolute atomic E-state index is 0.102. The van der Waals surface area contributed by atoms with Gasteiger partial charge < -0.3 is 9.64 Å². The highest BCUT2D eigenvalue weighted by Crippen LogP contribution is 2.33. The third-order valence-corrected chi connectivity index (χ3v) is 7.62. The van der Waals surface area contributed by atoms with E-state index < -0.39 is 0 Å². The van der Waals surface area contributed by atoms with Gasteiger partial charge in [-0.15, -0.1) is 16.4 Å². The smallest absolute Gasteiger partial charge is 0.233 e. The van der Waals surface area contributed by atoms with E-state index in [1.165, 1.54) is 16.5 Å². The van der Waals surface area contributed by atoms with Crippen LogP contribution in [-0.4, -0.2) is 62.0 Å². The van der Waals surface area contributed by atoms with Gasteiger partial charge in [-0.3, -0.25) is 4.79 Å². The van der Waals surface area contributed by atoms with Crippen LogP contribution in [0.1, 0.15) is 23.8 Å². The van der Waals surface area contributed by atoms with Gasteiger partial charge in [0.1, 0.15) is 5.75 Å². The number of piperidine rings is 1. The lowest BCUT2D eigenvalue weighted by molar-refractivity contribution is -0.129. The van der Waals surface area contributed by atoms with Crippen LogP contribution < -0.4 is 4.74 Å². The van der Waals surface area contributed by atoms with E-state index in [1.54, 1.807) is 23.1 Å². The zero-order valence-corrected chi connectivity index (χ0v) is 19.2. The number of fused-ring (bicyclic) bond motifs is 1. The zero-order chi connectivity index (χ0) is 21.9. The summed E-state index contributed by atoms with van der Waals surface area (Å²) >= 11 is 3.09. The van der Waals surface area contributed by atoms with Crippen molar-refractivity contribution in [3.8, 4) is 11.4 Å². The highest BCUT2D eigenvalue weighted by molar-refractivity contribution is 7.99. The molecule has 1 atom stereocenters. The topological polar surface area (TPSA) is 86.0 Å². The Morgan fingerprint density at radius 2 is 2.06 bits per heavy atom. The van der Waals surface area contributed by atoms with Crippen molar-refractivity contribution in [1.82, 2.24) is 30.1 Å². The van der Waals surface area contributed by atoms with Crippen LogP contribution in [-0.2, 0) is 4.79 Å². The maximum Gasteiger partial charge on any atom is 0.233 e. The van der Waals surface area contributed by atoms with Gasteiger partial charge in [-0.05, 0) is 59.7 Å². The number of methoxy groups -OCH3 is 1. The summed E-state index contributed by atoms with van der Waals surface area (Å²) in [6, 6.07) is 15.7. The summed E-state index contributed by atoms with van der Waals surface area (Å²) in [5.74, 6) is 1.45. The number of ether oxygens (including phenoxy) is 1. The molecule has 1 saturated heterocycles. The number of nitrogens with zero attached hydrogens (tertiary/aromatic N) is 6. The van der Waals surface area contributed by atoms with E-state index in [0.717, 1.165) is 41.3 Å². The molecule has 0 spiro atoms. The molecule has 8 nitrogen and oxygen atoms in total. The third kappa shape index (κ3) is 4.33. The van der Waals surface area contributed by atoms with Gasteiger partial charge in [0.05, 0.1) is 33.8 Å². The molecule has 2 aromatic heterocycles. The summed E-state index contributed by atoms with van der Waals surface area (Å²) < 4.78 is 8.04. The molecule has 10 heteroatoms. The molecule has 1 aliphatic rings. The standard InChI is InChI=1S/C22H22N6O2S2/c1-30-17-10-8-16(9-11-17)28-22(24-25-26-28)31-14-20(29)27-12-4-5-15(13-27)21-23-18-6-2-3-7-19(18)32-21/h2-3,6-11,15H,4-5,12-14H2,1H3/t15-/m0/s1. The second-order valence-electron chi connectivity index (χ2n) is 7.56. The molecule has 0 saturated carbocycles. The predicted molar refractivity (Wildman–Crippen MR) is 125 cm³/mol. The molecule has 3 heterocycles. The summed E-state index contributed by atoms with van der Waals surface area (Å²) in [5.41, 5.74) is 1.86. The number of rotatable bonds is 6. The number of thioether (sulfide) groups is 1. The summed E-state index contributed by atoms with van der Waals surface area (Å²) in [7, 11) is 1.63. The van der Waals surface area contributed by atoms with Gasteiger partial charge in [0.2, 0.25) is 11.1 Å². The average Bonchev–Trinajstić information content (AvgIpc) is 3.50. The van der Waals surface area contributed by atoms with Crippen molar-refractivity contribution in [2.75, 3.05) is 26.0 Å². The largest absolute Gasteiger partial charge is 0.497 e. The maximum absolute atomic E-state index is 13.0. The maximum atomic E-state index is 13.0. The van der Waals surface area contributed by atoms with Gasteiger partial charge in [-0.25, -0.2) is 4.98 Å². The molecule has 0 radical (unpaired) electrons. The third-order valence-electron chi connectivity index (χ3n) is 5.52. The molecule has 5 rings (SSSR count). The van der Waals surface area contributed by atoms with Gasteiger partial charge in [0.25, 0.3) is 0 Å². The predicted octanol–water partition coefficient (Wildman–Crippen LogP) is 3.78. The quantitative estimate of drug-likeness (QED) is 0.400. The van der Waals surface area contributed by atoms with E-state index in [4.69, 9.17) is 9.72 Å². The second kappa shape index (κ2) is 9.25. The SMILES string of the molecule is COc1ccc(-n2nnnc2SCC(=O)N2CCC[C@H](c3nc4ccccc4s3)C2)cc1. The Morgan fingerprint density at radius 3 is 2.88 bits per heavy atom. The fourth-order valence-corrected chi connectivity index (χ4v) is 5.73. The number of carbonyl (C=O) groups excluding carboxylic acids is 1. The van der Waals surface area contributed by atoms with Crippen LogP contribution in [0.15, 0.2) is 53.7 Å². The number of carbonyl (C=O) groups is 1. The summed E-state index contributed by atoms with van der Waals surface area (Å²) in [5, 5.41) is 13.7. The Morgan fingerprint density at radius 1 is 1.22 bits per heavy atom. The van der Waals surface area contributed by atoms with Crippen LogP contribution in [0.2, 0.25) is 0 Å². The molecule has 0 bridgehead atoms. The number of hydrogen-bond donors (Lipinski definition) is 0. The number of tetrazole rings is 1. The lowest BCUT2D eigenvalue weighted by atomic mass is 9.99. The number of thiazole rings is 1. The normalized spacial score (nSPS) is 16.4. The minimum Gasteiger partial charge on any atom is -0.497 e. The first kappa shape index (κ1) is 20.9. The number of likely N-dealkylation sites (tertiary alicyclic amines) is 1. The molecule has 2 aromatic carbocycles. The van der Waals surface area contributed by atoms with Gasteiger partial charge in [0.15, 0.2) is 0 Å². The van der Waals surface area contributed by atoms with Crippen molar-refractivity contribution < 1.29 is 9.53 Å². The first-order valence-corrected chi connectivity index (χ1v) is 12.2. The summed E-state index contributed by atoms with van der Waals surface area (Å²) in [6.07, 6.45) is 2.05. The molecule has 1 aliphatic heterocycles. The van der Waals surface area contributed by atoms with Crippen molar-refractivity contribution in [3.63, 3.8) is 0 Å². The van der Waals surface area contributed by atoms with Crippen LogP contribution >= 0.6 is 23.1 Å². The van der Waals surface area contributed by atoms with E-state index in [0.29, 0.717) is 23.4 Å².